The molecule has 2 nitrogen and oxygen atoms in total. The van der Waals surface area contributed by atoms with Gasteiger partial charge >= 0.3 is 5.97 Å². The molecule has 15 heavy (non-hydrogen) atoms. The number of carboxylic acids is 1. The summed E-state index contributed by atoms with van der Waals surface area (Å²) in [6.45, 7) is 3.45. The highest BCUT2D eigenvalue weighted by Gasteiger charge is 2.13. The van der Waals surface area contributed by atoms with Gasteiger partial charge in [0, 0.05) is 10.9 Å². The molecule has 0 spiro atoms. The number of carbonyl (C=O) groups is 1. The summed E-state index contributed by atoms with van der Waals surface area (Å²) in [7, 11) is 0. The maximum atomic E-state index is 13.7. The predicted molar refractivity (Wildman–Crippen MR) is 59.5 cm³/mol. The highest BCUT2D eigenvalue weighted by molar-refractivity contribution is 9.10. The maximum Gasteiger partial charge on any atom is 0.303 e. The first-order valence-electron chi connectivity index (χ1n) is 4.59. The normalized spacial score (nSPS) is 10.4. The van der Waals surface area contributed by atoms with Gasteiger partial charge < -0.3 is 5.11 Å². The number of hydrogen-bond donors (Lipinski definition) is 1. The lowest BCUT2D eigenvalue weighted by atomic mass is 10.0. The standard InChI is InChI=1S/C11H12BrFO2/c1-6-5-9(12)7(2)8(11(6)13)3-4-10(14)15/h5H,3-4H2,1-2H3,(H,14,15). The monoisotopic (exact) mass is 274 g/mol. The molecule has 0 unspecified atom stereocenters. The van der Waals surface area contributed by atoms with Crippen molar-refractivity contribution in [2.45, 2.75) is 26.7 Å². The summed E-state index contributed by atoms with van der Waals surface area (Å²) >= 11 is 3.32. The van der Waals surface area contributed by atoms with E-state index in [1.165, 1.54) is 0 Å². The van der Waals surface area contributed by atoms with Gasteiger partial charge in [0.1, 0.15) is 5.82 Å². The Morgan fingerprint density at radius 2 is 2.13 bits per heavy atom. The number of hydrogen-bond acceptors (Lipinski definition) is 1. The van der Waals surface area contributed by atoms with Crippen molar-refractivity contribution in [2.75, 3.05) is 0 Å². The summed E-state index contributed by atoms with van der Waals surface area (Å²) in [5.41, 5.74) is 1.80. The Hall–Kier alpha value is -0.900. The lowest BCUT2D eigenvalue weighted by molar-refractivity contribution is -0.136. The fourth-order valence-electron chi connectivity index (χ4n) is 1.44. The van der Waals surface area contributed by atoms with Crippen LogP contribution in [0, 0.1) is 19.7 Å². The summed E-state index contributed by atoms with van der Waals surface area (Å²) < 4.78 is 14.5. The van der Waals surface area contributed by atoms with Crippen molar-refractivity contribution in [1.82, 2.24) is 0 Å². The molecule has 0 amide bonds. The number of carboxylic acid groups (broad SMARTS) is 1. The topological polar surface area (TPSA) is 37.3 Å². The Balaban J connectivity index is 3.09. The van der Waals surface area contributed by atoms with Gasteiger partial charge in [-0.1, -0.05) is 15.9 Å². The van der Waals surface area contributed by atoms with Gasteiger partial charge in [-0.25, -0.2) is 4.39 Å². The Kier molecular flexibility index (Phi) is 3.85. The molecule has 1 N–H and O–H groups in total. The van der Waals surface area contributed by atoms with E-state index in [9.17, 15) is 9.18 Å². The number of halogens is 2. The summed E-state index contributed by atoms with van der Waals surface area (Å²) in [4.78, 5) is 10.4. The molecule has 0 aromatic heterocycles. The third kappa shape index (κ3) is 2.78. The van der Waals surface area contributed by atoms with E-state index in [0.717, 1.165) is 10.0 Å². The van der Waals surface area contributed by atoms with Crippen molar-refractivity contribution in [2.24, 2.45) is 0 Å². The molecule has 1 rings (SSSR count). The van der Waals surface area contributed by atoms with Crippen LogP contribution in [0.1, 0.15) is 23.1 Å². The van der Waals surface area contributed by atoms with Gasteiger partial charge in [0.25, 0.3) is 0 Å². The van der Waals surface area contributed by atoms with Gasteiger partial charge in [-0.3, -0.25) is 4.79 Å². The zero-order valence-electron chi connectivity index (χ0n) is 8.60. The summed E-state index contributed by atoms with van der Waals surface area (Å²) in [5.74, 6) is -1.21. The van der Waals surface area contributed by atoms with Crippen LogP contribution in [0.4, 0.5) is 4.39 Å². The van der Waals surface area contributed by atoms with Crippen LogP contribution in [0.25, 0.3) is 0 Å². The molecule has 0 bridgehead atoms. The largest absolute Gasteiger partial charge is 0.481 e. The molecule has 4 heteroatoms. The SMILES string of the molecule is Cc1cc(Br)c(C)c(CCC(=O)O)c1F. The molecule has 0 heterocycles. The average molecular weight is 275 g/mol. The molecule has 82 valence electrons. The molecule has 0 saturated carbocycles. The lowest BCUT2D eigenvalue weighted by Gasteiger charge is -2.10. The number of aliphatic carboxylic acids is 1. The zero-order valence-corrected chi connectivity index (χ0v) is 10.2. The van der Waals surface area contributed by atoms with Crippen LogP contribution >= 0.6 is 15.9 Å². The predicted octanol–water partition coefficient (Wildman–Crippen LogP) is 3.22. The minimum Gasteiger partial charge on any atom is -0.481 e. The first kappa shape index (κ1) is 12.2. The second-order valence-electron chi connectivity index (χ2n) is 3.49. The Morgan fingerprint density at radius 1 is 1.53 bits per heavy atom. The van der Waals surface area contributed by atoms with Crippen molar-refractivity contribution in [1.29, 1.82) is 0 Å². The molecule has 0 saturated heterocycles. The zero-order chi connectivity index (χ0) is 11.6. The Morgan fingerprint density at radius 3 is 2.67 bits per heavy atom. The Labute approximate surface area is 96.2 Å². The summed E-state index contributed by atoms with van der Waals surface area (Å²) in [6, 6.07) is 1.70. The smallest absolute Gasteiger partial charge is 0.303 e. The van der Waals surface area contributed by atoms with E-state index in [1.54, 1.807) is 19.9 Å². The molecule has 0 aliphatic rings. The minimum absolute atomic E-state index is 0.0480. The van der Waals surface area contributed by atoms with Crippen molar-refractivity contribution in [3.8, 4) is 0 Å². The maximum absolute atomic E-state index is 13.7. The van der Waals surface area contributed by atoms with Gasteiger partial charge in [0.15, 0.2) is 0 Å². The highest BCUT2D eigenvalue weighted by Crippen LogP contribution is 2.26. The van der Waals surface area contributed by atoms with Crippen LogP contribution in [0.3, 0.4) is 0 Å². The molecule has 0 aliphatic heterocycles. The molecule has 0 atom stereocenters. The molecule has 0 radical (unpaired) electrons. The van der Waals surface area contributed by atoms with Crippen LogP contribution < -0.4 is 0 Å². The second-order valence-corrected chi connectivity index (χ2v) is 4.34. The third-order valence-electron chi connectivity index (χ3n) is 2.35. The minimum atomic E-state index is -0.911. The molecule has 1 aromatic carbocycles. The highest BCUT2D eigenvalue weighted by atomic mass is 79.9. The van der Waals surface area contributed by atoms with Crippen molar-refractivity contribution in [3.05, 3.63) is 33.0 Å². The van der Waals surface area contributed by atoms with Crippen molar-refractivity contribution >= 4 is 21.9 Å². The van der Waals surface area contributed by atoms with Gasteiger partial charge in [0.2, 0.25) is 0 Å². The second kappa shape index (κ2) is 4.75. The number of aryl methyl sites for hydroxylation is 1. The molecular weight excluding hydrogens is 263 g/mol. The Bertz CT molecular complexity index is 376. The molecular formula is C11H12BrFO2. The van der Waals surface area contributed by atoms with E-state index in [2.05, 4.69) is 15.9 Å². The lowest BCUT2D eigenvalue weighted by Crippen LogP contribution is -2.03. The van der Waals surface area contributed by atoms with Crippen LogP contribution in [-0.2, 0) is 11.2 Å². The van der Waals surface area contributed by atoms with E-state index in [0.29, 0.717) is 11.1 Å². The van der Waals surface area contributed by atoms with E-state index in [4.69, 9.17) is 5.11 Å². The van der Waals surface area contributed by atoms with E-state index >= 15 is 0 Å². The van der Waals surface area contributed by atoms with Gasteiger partial charge in [-0.2, -0.15) is 0 Å². The summed E-state index contributed by atoms with van der Waals surface area (Å²) in [5, 5.41) is 8.56. The van der Waals surface area contributed by atoms with Crippen LogP contribution in [0.15, 0.2) is 10.5 Å². The van der Waals surface area contributed by atoms with Gasteiger partial charge in [0.05, 0.1) is 0 Å². The van der Waals surface area contributed by atoms with Crippen LogP contribution in [0.5, 0.6) is 0 Å². The van der Waals surface area contributed by atoms with Gasteiger partial charge in [-0.05, 0) is 43.0 Å². The first-order valence-corrected chi connectivity index (χ1v) is 5.38. The summed E-state index contributed by atoms with van der Waals surface area (Å²) in [6.07, 6.45) is 0.181. The van der Waals surface area contributed by atoms with Crippen molar-refractivity contribution in [3.63, 3.8) is 0 Å². The number of rotatable bonds is 3. The fraction of sp³-hybridized carbons (Fsp3) is 0.364. The molecule has 1 aromatic rings. The van der Waals surface area contributed by atoms with E-state index in [-0.39, 0.29) is 18.7 Å². The van der Waals surface area contributed by atoms with E-state index in [1.807, 2.05) is 0 Å². The van der Waals surface area contributed by atoms with E-state index < -0.39 is 5.97 Å². The third-order valence-corrected chi connectivity index (χ3v) is 3.18. The van der Waals surface area contributed by atoms with Crippen LogP contribution in [0.2, 0.25) is 0 Å². The quantitative estimate of drug-likeness (QED) is 0.919. The van der Waals surface area contributed by atoms with Crippen LogP contribution in [-0.4, -0.2) is 11.1 Å². The first-order chi connectivity index (χ1) is 6.93. The van der Waals surface area contributed by atoms with Crippen molar-refractivity contribution < 1.29 is 14.3 Å². The van der Waals surface area contributed by atoms with Gasteiger partial charge in [-0.15, -0.1) is 0 Å². The molecule has 0 fully saturated rings. The fourth-order valence-corrected chi connectivity index (χ4v) is 2.02. The average Bonchev–Trinajstić information content (AvgIpc) is 2.14. The number of benzene rings is 1. The molecule has 0 aliphatic carbocycles.